The average Bonchev–Trinajstić information content (AvgIpc) is 2.37. The van der Waals surface area contributed by atoms with E-state index in [1.54, 1.807) is 0 Å². The maximum Gasteiger partial charge on any atom is 0.144 e. The van der Waals surface area contributed by atoms with Crippen LogP contribution in [0.25, 0.3) is 0 Å². The second-order valence-electron chi connectivity index (χ2n) is 3.64. The van der Waals surface area contributed by atoms with Crippen LogP contribution in [0.3, 0.4) is 0 Å². The van der Waals surface area contributed by atoms with Gasteiger partial charge in [-0.25, -0.2) is 4.98 Å². The predicted octanol–water partition coefficient (Wildman–Crippen LogP) is 1.33. The summed E-state index contributed by atoms with van der Waals surface area (Å²) >= 11 is 1.82. The van der Waals surface area contributed by atoms with Crippen molar-refractivity contribution in [1.29, 1.82) is 0 Å². The van der Waals surface area contributed by atoms with Crippen molar-refractivity contribution in [3.63, 3.8) is 0 Å². The number of aryl methyl sites for hydroxylation is 1. The smallest absolute Gasteiger partial charge is 0.144 e. The lowest BCUT2D eigenvalue weighted by Gasteiger charge is -2.15. The van der Waals surface area contributed by atoms with Crippen LogP contribution in [0.4, 0.5) is 5.82 Å². The van der Waals surface area contributed by atoms with E-state index in [2.05, 4.69) is 35.8 Å². The summed E-state index contributed by atoms with van der Waals surface area (Å²) in [6.45, 7) is 5.32. The van der Waals surface area contributed by atoms with Gasteiger partial charge in [0.05, 0.1) is 9.88 Å². The number of thiazole rings is 1. The number of fused-ring (bicyclic) bond motifs is 1. The van der Waals surface area contributed by atoms with E-state index in [9.17, 15) is 0 Å². The van der Waals surface area contributed by atoms with Gasteiger partial charge >= 0.3 is 0 Å². The average molecular weight is 197 g/mol. The van der Waals surface area contributed by atoms with Crippen molar-refractivity contribution < 1.29 is 0 Å². The molecule has 0 saturated carbocycles. The first-order chi connectivity index (χ1) is 6.16. The van der Waals surface area contributed by atoms with E-state index in [1.165, 1.54) is 15.7 Å². The minimum absolute atomic E-state index is 1.05. The fourth-order valence-corrected chi connectivity index (χ4v) is 2.68. The molecule has 0 saturated heterocycles. The molecule has 0 amide bonds. The topological polar surface area (TPSA) is 19.4 Å². The summed E-state index contributed by atoms with van der Waals surface area (Å²) in [6.07, 6.45) is 0. The summed E-state index contributed by atoms with van der Waals surface area (Å²) in [7, 11) is 4.29. The number of hydrogen-bond donors (Lipinski definition) is 0. The van der Waals surface area contributed by atoms with Gasteiger partial charge in [0, 0.05) is 26.7 Å². The summed E-state index contributed by atoms with van der Waals surface area (Å²) in [5, 5.41) is 1.17. The van der Waals surface area contributed by atoms with E-state index in [0.29, 0.717) is 0 Å². The Kier molecular flexibility index (Phi) is 2.26. The lowest BCUT2D eigenvalue weighted by molar-refractivity contribution is 0.345. The molecule has 1 aliphatic rings. The molecule has 1 aliphatic heterocycles. The zero-order valence-corrected chi connectivity index (χ0v) is 9.19. The largest absolute Gasteiger partial charge is 0.357 e. The molecule has 4 heteroatoms. The molecule has 0 aliphatic carbocycles. The summed E-state index contributed by atoms with van der Waals surface area (Å²) < 4.78 is 0. The Morgan fingerprint density at radius 3 is 2.85 bits per heavy atom. The minimum atomic E-state index is 1.05. The Morgan fingerprint density at radius 1 is 1.31 bits per heavy atom. The number of anilines is 1. The molecule has 13 heavy (non-hydrogen) atoms. The van der Waals surface area contributed by atoms with Gasteiger partial charge in [0.15, 0.2) is 0 Å². The van der Waals surface area contributed by atoms with Crippen LogP contribution in [0.15, 0.2) is 0 Å². The fraction of sp³-hybridized carbons (Fsp3) is 0.667. The Balaban J connectivity index is 2.36. The van der Waals surface area contributed by atoms with E-state index in [0.717, 1.165) is 19.6 Å². The SMILES string of the molecule is Cc1nc2c(s1)CN(C)CCN2C. The third-order valence-electron chi connectivity index (χ3n) is 2.38. The highest BCUT2D eigenvalue weighted by Crippen LogP contribution is 2.28. The third kappa shape index (κ3) is 1.69. The summed E-state index contributed by atoms with van der Waals surface area (Å²) in [4.78, 5) is 10.5. The molecule has 0 atom stereocenters. The summed E-state index contributed by atoms with van der Waals surface area (Å²) in [6, 6.07) is 0. The molecular weight excluding hydrogens is 182 g/mol. The Bertz CT molecular complexity index is 308. The van der Waals surface area contributed by atoms with Gasteiger partial charge in [-0.3, -0.25) is 4.90 Å². The van der Waals surface area contributed by atoms with E-state index in [4.69, 9.17) is 0 Å². The van der Waals surface area contributed by atoms with Gasteiger partial charge in [0.2, 0.25) is 0 Å². The highest BCUT2D eigenvalue weighted by molar-refractivity contribution is 7.12. The van der Waals surface area contributed by atoms with Gasteiger partial charge in [-0.1, -0.05) is 0 Å². The second-order valence-corrected chi connectivity index (χ2v) is 4.93. The molecule has 2 heterocycles. The lowest BCUT2D eigenvalue weighted by Crippen LogP contribution is -2.26. The Hall–Kier alpha value is -0.610. The Morgan fingerprint density at radius 2 is 2.08 bits per heavy atom. The molecule has 1 aromatic rings. The number of likely N-dealkylation sites (N-methyl/N-ethyl adjacent to an activating group) is 2. The van der Waals surface area contributed by atoms with Crippen molar-refractivity contribution in [1.82, 2.24) is 9.88 Å². The first-order valence-electron chi connectivity index (χ1n) is 4.53. The van der Waals surface area contributed by atoms with Gasteiger partial charge < -0.3 is 4.90 Å². The van der Waals surface area contributed by atoms with Crippen LogP contribution in [-0.2, 0) is 6.54 Å². The predicted molar refractivity (Wildman–Crippen MR) is 56.5 cm³/mol. The van der Waals surface area contributed by atoms with Gasteiger partial charge in [0.25, 0.3) is 0 Å². The van der Waals surface area contributed by atoms with Crippen LogP contribution in [0.5, 0.6) is 0 Å². The second kappa shape index (κ2) is 3.27. The number of nitrogens with zero attached hydrogens (tertiary/aromatic N) is 3. The number of aromatic nitrogens is 1. The normalized spacial score (nSPS) is 18.5. The molecule has 0 aromatic carbocycles. The zero-order chi connectivity index (χ0) is 9.42. The summed E-state index contributed by atoms with van der Waals surface area (Å²) in [5.41, 5.74) is 0. The molecule has 72 valence electrons. The van der Waals surface area contributed by atoms with Crippen molar-refractivity contribution in [2.24, 2.45) is 0 Å². The first kappa shape index (κ1) is 8.97. The van der Waals surface area contributed by atoms with Gasteiger partial charge in [-0.2, -0.15) is 0 Å². The summed E-state index contributed by atoms with van der Waals surface area (Å²) in [5.74, 6) is 1.19. The van der Waals surface area contributed by atoms with Crippen LogP contribution in [0, 0.1) is 6.92 Å². The minimum Gasteiger partial charge on any atom is -0.357 e. The van der Waals surface area contributed by atoms with E-state index in [-0.39, 0.29) is 0 Å². The van der Waals surface area contributed by atoms with Gasteiger partial charge in [-0.15, -0.1) is 11.3 Å². The van der Waals surface area contributed by atoms with Crippen LogP contribution >= 0.6 is 11.3 Å². The molecule has 3 nitrogen and oxygen atoms in total. The molecule has 0 radical (unpaired) electrons. The van der Waals surface area contributed by atoms with Crippen LogP contribution in [0.2, 0.25) is 0 Å². The quantitative estimate of drug-likeness (QED) is 0.625. The molecule has 0 spiro atoms. The van der Waals surface area contributed by atoms with Gasteiger partial charge in [0.1, 0.15) is 5.82 Å². The van der Waals surface area contributed by atoms with E-state index in [1.807, 2.05) is 11.3 Å². The molecule has 0 unspecified atom stereocenters. The zero-order valence-electron chi connectivity index (χ0n) is 8.37. The maximum absolute atomic E-state index is 4.54. The van der Waals surface area contributed by atoms with Crippen molar-refractivity contribution in [3.8, 4) is 0 Å². The molecule has 2 rings (SSSR count). The van der Waals surface area contributed by atoms with Crippen molar-refractivity contribution in [2.75, 3.05) is 32.1 Å². The van der Waals surface area contributed by atoms with E-state index < -0.39 is 0 Å². The van der Waals surface area contributed by atoms with Crippen molar-refractivity contribution in [3.05, 3.63) is 9.88 Å². The fourth-order valence-electron chi connectivity index (χ4n) is 1.61. The molecular formula is C9H15N3S. The lowest BCUT2D eigenvalue weighted by atomic mass is 10.4. The number of hydrogen-bond acceptors (Lipinski definition) is 4. The Labute approximate surface area is 83.0 Å². The number of rotatable bonds is 0. The molecule has 0 bridgehead atoms. The molecule has 1 aromatic heterocycles. The molecule has 0 N–H and O–H groups in total. The van der Waals surface area contributed by atoms with Crippen LogP contribution < -0.4 is 4.90 Å². The van der Waals surface area contributed by atoms with Crippen LogP contribution in [-0.4, -0.2) is 37.1 Å². The maximum atomic E-state index is 4.54. The highest BCUT2D eigenvalue weighted by Gasteiger charge is 2.18. The van der Waals surface area contributed by atoms with Crippen LogP contribution in [0.1, 0.15) is 9.88 Å². The van der Waals surface area contributed by atoms with E-state index >= 15 is 0 Å². The van der Waals surface area contributed by atoms with Crippen molar-refractivity contribution in [2.45, 2.75) is 13.5 Å². The first-order valence-corrected chi connectivity index (χ1v) is 5.34. The van der Waals surface area contributed by atoms with Gasteiger partial charge in [-0.05, 0) is 14.0 Å². The molecule has 0 fully saturated rings. The monoisotopic (exact) mass is 197 g/mol. The standard InChI is InChI=1S/C9H15N3S/c1-7-10-9-8(13-7)6-11(2)4-5-12(9)3/h4-6H2,1-3H3. The third-order valence-corrected chi connectivity index (χ3v) is 3.32. The van der Waals surface area contributed by atoms with Crippen molar-refractivity contribution >= 4 is 17.2 Å². The highest BCUT2D eigenvalue weighted by atomic mass is 32.1.